The molecule has 0 aliphatic heterocycles. The molecule has 0 fully saturated rings. The van der Waals surface area contributed by atoms with Crippen molar-refractivity contribution < 1.29 is 4.79 Å². The van der Waals surface area contributed by atoms with E-state index in [-0.39, 0.29) is 6.03 Å². The van der Waals surface area contributed by atoms with Gasteiger partial charge in [0.25, 0.3) is 0 Å². The summed E-state index contributed by atoms with van der Waals surface area (Å²) in [5, 5.41) is 4.14. The van der Waals surface area contributed by atoms with E-state index in [1.165, 1.54) is 29.5 Å². The van der Waals surface area contributed by atoms with Crippen LogP contribution in [-0.4, -0.2) is 10.6 Å². The van der Waals surface area contributed by atoms with Gasteiger partial charge in [-0.25, -0.2) is 4.79 Å². The van der Waals surface area contributed by atoms with Crippen LogP contribution in [0.5, 0.6) is 0 Å². The topological polar surface area (TPSA) is 34.0 Å². The summed E-state index contributed by atoms with van der Waals surface area (Å²) in [6.45, 7) is 6.60. The number of aromatic nitrogens is 1. The summed E-state index contributed by atoms with van der Waals surface area (Å²) in [6, 6.07) is 24.6. The van der Waals surface area contributed by atoms with Crippen molar-refractivity contribution in [3.05, 3.63) is 90.1 Å². The molecular formula is C28H30N2O. The molecule has 3 heteroatoms. The number of hydrogen-bond acceptors (Lipinski definition) is 1. The number of hydrogen-bond donors (Lipinski definition) is 1. The van der Waals surface area contributed by atoms with E-state index in [1.54, 1.807) is 4.57 Å². The Bertz CT molecular complexity index is 1190. The van der Waals surface area contributed by atoms with Gasteiger partial charge in [0.15, 0.2) is 0 Å². The molecule has 0 atom stereocenters. The van der Waals surface area contributed by atoms with Crippen molar-refractivity contribution in [2.24, 2.45) is 0 Å². The van der Waals surface area contributed by atoms with Crippen LogP contribution < -0.4 is 5.32 Å². The molecule has 4 aromatic rings. The number of fused-ring (bicyclic) bond motifs is 1. The van der Waals surface area contributed by atoms with Gasteiger partial charge in [0.05, 0.1) is 5.52 Å². The Hall–Kier alpha value is -3.33. The molecule has 31 heavy (non-hydrogen) atoms. The van der Waals surface area contributed by atoms with Crippen LogP contribution >= 0.6 is 0 Å². The average Bonchev–Trinajstić information content (AvgIpc) is 3.18. The van der Waals surface area contributed by atoms with Crippen LogP contribution in [0.1, 0.15) is 50.7 Å². The molecule has 1 aromatic heterocycles. The lowest BCUT2D eigenvalue weighted by Crippen LogP contribution is -2.18. The van der Waals surface area contributed by atoms with Gasteiger partial charge in [-0.1, -0.05) is 81.8 Å². The first kappa shape index (κ1) is 20.9. The Kier molecular flexibility index (Phi) is 6.22. The number of anilines is 1. The van der Waals surface area contributed by atoms with E-state index in [2.05, 4.69) is 68.6 Å². The Balaban J connectivity index is 1.68. The quantitative estimate of drug-likeness (QED) is 0.345. The summed E-state index contributed by atoms with van der Waals surface area (Å²) in [5.41, 5.74) is 6.58. The predicted molar refractivity (Wildman–Crippen MR) is 131 cm³/mol. The number of nitrogens with zero attached hydrogens (tertiary/aromatic N) is 1. The number of aryl methyl sites for hydroxylation is 1. The van der Waals surface area contributed by atoms with Gasteiger partial charge in [0.1, 0.15) is 0 Å². The molecule has 0 bridgehead atoms. The zero-order valence-electron chi connectivity index (χ0n) is 18.6. The van der Waals surface area contributed by atoms with Gasteiger partial charge in [-0.15, -0.1) is 0 Å². The SMILES string of the molecule is CCCCc1ccc(NC(=O)n2cc(-c3ccccc3C(C)C)c3ccccc32)cc1. The van der Waals surface area contributed by atoms with Crippen molar-refractivity contribution >= 4 is 22.6 Å². The number of benzene rings is 3. The van der Waals surface area contributed by atoms with E-state index in [0.717, 1.165) is 28.6 Å². The maximum Gasteiger partial charge on any atom is 0.330 e. The zero-order valence-corrected chi connectivity index (χ0v) is 18.6. The first-order chi connectivity index (χ1) is 15.1. The monoisotopic (exact) mass is 410 g/mol. The smallest absolute Gasteiger partial charge is 0.307 e. The molecule has 4 rings (SSSR count). The lowest BCUT2D eigenvalue weighted by molar-refractivity contribution is 0.254. The van der Waals surface area contributed by atoms with Gasteiger partial charge in [-0.3, -0.25) is 4.57 Å². The number of nitrogens with one attached hydrogen (secondary N) is 1. The van der Waals surface area contributed by atoms with Crippen molar-refractivity contribution in [3.8, 4) is 11.1 Å². The first-order valence-corrected chi connectivity index (χ1v) is 11.2. The third-order valence-corrected chi connectivity index (χ3v) is 5.83. The second kappa shape index (κ2) is 9.22. The molecule has 0 spiro atoms. The van der Waals surface area contributed by atoms with Crippen molar-refractivity contribution in [1.29, 1.82) is 0 Å². The fraction of sp³-hybridized carbons (Fsp3) is 0.250. The molecule has 0 aliphatic rings. The van der Waals surface area contributed by atoms with E-state index in [9.17, 15) is 4.79 Å². The first-order valence-electron chi connectivity index (χ1n) is 11.2. The summed E-state index contributed by atoms with van der Waals surface area (Å²) in [7, 11) is 0. The third-order valence-electron chi connectivity index (χ3n) is 5.83. The Morgan fingerprint density at radius 3 is 2.35 bits per heavy atom. The fourth-order valence-corrected chi connectivity index (χ4v) is 4.13. The largest absolute Gasteiger partial charge is 0.330 e. The molecule has 1 heterocycles. The third kappa shape index (κ3) is 4.41. The molecule has 0 unspecified atom stereocenters. The molecule has 1 N–H and O–H groups in total. The summed E-state index contributed by atoms with van der Waals surface area (Å²) in [4.78, 5) is 13.2. The molecule has 1 amide bonds. The van der Waals surface area contributed by atoms with Gasteiger partial charge in [-0.2, -0.15) is 0 Å². The van der Waals surface area contributed by atoms with E-state index < -0.39 is 0 Å². The Labute approximate surface area is 184 Å². The van der Waals surface area contributed by atoms with Crippen molar-refractivity contribution in [2.45, 2.75) is 46.0 Å². The van der Waals surface area contributed by atoms with Gasteiger partial charge < -0.3 is 5.32 Å². The minimum Gasteiger partial charge on any atom is -0.307 e. The predicted octanol–water partition coefficient (Wildman–Crippen LogP) is 7.85. The van der Waals surface area contributed by atoms with E-state index in [4.69, 9.17) is 0 Å². The number of unbranched alkanes of at least 4 members (excludes halogenated alkanes) is 1. The second-order valence-electron chi connectivity index (χ2n) is 8.40. The number of carbonyl (C=O) groups excluding carboxylic acids is 1. The number of carbonyl (C=O) groups is 1. The summed E-state index contributed by atoms with van der Waals surface area (Å²) < 4.78 is 1.73. The van der Waals surface area contributed by atoms with Crippen LogP contribution in [0, 0.1) is 0 Å². The lowest BCUT2D eigenvalue weighted by atomic mass is 9.92. The summed E-state index contributed by atoms with van der Waals surface area (Å²) in [5.74, 6) is 0.401. The van der Waals surface area contributed by atoms with Gasteiger partial charge in [0, 0.05) is 22.8 Å². The van der Waals surface area contributed by atoms with Crippen LogP contribution in [0.25, 0.3) is 22.0 Å². The second-order valence-corrected chi connectivity index (χ2v) is 8.40. The Morgan fingerprint density at radius 1 is 0.903 bits per heavy atom. The molecule has 0 saturated heterocycles. The number of amides is 1. The molecule has 0 aliphatic carbocycles. The summed E-state index contributed by atoms with van der Waals surface area (Å²) in [6.07, 6.45) is 5.41. The number of para-hydroxylation sites is 1. The molecular weight excluding hydrogens is 380 g/mol. The highest BCUT2D eigenvalue weighted by molar-refractivity contribution is 6.05. The molecule has 158 valence electrons. The minimum atomic E-state index is -0.147. The normalized spacial score (nSPS) is 11.2. The standard InChI is InChI=1S/C28H30N2O/c1-4-5-10-21-15-17-22(18-16-21)29-28(31)30-19-26(25-13-8-9-14-27(25)30)24-12-7-6-11-23(24)20(2)3/h6-9,11-20H,4-5,10H2,1-3H3,(H,29,31). The van der Waals surface area contributed by atoms with Crippen LogP contribution in [-0.2, 0) is 6.42 Å². The van der Waals surface area contributed by atoms with Crippen LogP contribution in [0.3, 0.4) is 0 Å². The van der Waals surface area contributed by atoms with E-state index in [0.29, 0.717) is 5.92 Å². The van der Waals surface area contributed by atoms with E-state index >= 15 is 0 Å². The van der Waals surface area contributed by atoms with Crippen LogP contribution in [0.4, 0.5) is 10.5 Å². The van der Waals surface area contributed by atoms with Crippen molar-refractivity contribution in [2.75, 3.05) is 5.32 Å². The van der Waals surface area contributed by atoms with Gasteiger partial charge >= 0.3 is 6.03 Å². The molecule has 0 radical (unpaired) electrons. The zero-order chi connectivity index (χ0) is 21.8. The van der Waals surface area contributed by atoms with Crippen LogP contribution in [0.2, 0.25) is 0 Å². The fourth-order valence-electron chi connectivity index (χ4n) is 4.13. The average molecular weight is 411 g/mol. The van der Waals surface area contributed by atoms with Crippen LogP contribution in [0.15, 0.2) is 79.0 Å². The summed E-state index contributed by atoms with van der Waals surface area (Å²) >= 11 is 0. The molecule has 0 saturated carbocycles. The maximum atomic E-state index is 13.2. The molecule has 3 aromatic carbocycles. The molecule has 3 nitrogen and oxygen atoms in total. The highest BCUT2D eigenvalue weighted by atomic mass is 16.2. The minimum absolute atomic E-state index is 0.147. The van der Waals surface area contributed by atoms with Gasteiger partial charge in [0.2, 0.25) is 0 Å². The van der Waals surface area contributed by atoms with Crippen molar-refractivity contribution in [3.63, 3.8) is 0 Å². The lowest BCUT2D eigenvalue weighted by Gasteiger charge is -2.12. The van der Waals surface area contributed by atoms with Gasteiger partial charge in [-0.05, 0) is 53.6 Å². The highest BCUT2D eigenvalue weighted by Gasteiger charge is 2.17. The van der Waals surface area contributed by atoms with Crippen molar-refractivity contribution in [1.82, 2.24) is 4.57 Å². The van der Waals surface area contributed by atoms with E-state index in [1.807, 2.05) is 36.5 Å². The Morgan fingerprint density at radius 2 is 1.61 bits per heavy atom. The highest BCUT2D eigenvalue weighted by Crippen LogP contribution is 2.35. The number of rotatable bonds is 6. The maximum absolute atomic E-state index is 13.2.